The van der Waals surface area contributed by atoms with E-state index < -0.39 is 11.8 Å². The number of likely N-dealkylation sites (tertiary alicyclic amines) is 1. The number of hydrazine groups is 1. The predicted octanol–water partition coefficient (Wildman–Crippen LogP) is 2.76. The summed E-state index contributed by atoms with van der Waals surface area (Å²) in [7, 11) is 0. The van der Waals surface area contributed by atoms with Crippen LogP contribution in [0.3, 0.4) is 0 Å². The highest BCUT2D eigenvalue weighted by Gasteiger charge is 2.21. The smallest absolute Gasteiger partial charge is 0.288 e. The largest absolute Gasteiger partial charge is 0.333 e. The maximum absolute atomic E-state index is 12.9. The van der Waals surface area contributed by atoms with Crippen LogP contribution in [0, 0.1) is 0 Å². The van der Waals surface area contributed by atoms with E-state index in [1.807, 2.05) is 47.8 Å². The van der Waals surface area contributed by atoms with Crippen molar-refractivity contribution in [3.8, 4) is 16.3 Å². The van der Waals surface area contributed by atoms with Gasteiger partial charge in [-0.15, -0.1) is 11.3 Å². The molecule has 31 heavy (non-hydrogen) atoms. The summed E-state index contributed by atoms with van der Waals surface area (Å²) in [5.41, 5.74) is 6.57. The molecule has 0 aliphatic carbocycles. The molecule has 4 rings (SSSR count). The van der Waals surface area contributed by atoms with Gasteiger partial charge >= 0.3 is 0 Å². The molecule has 2 N–H and O–H groups in total. The summed E-state index contributed by atoms with van der Waals surface area (Å²) in [6.45, 7) is 0.489. The molecule has 8 nitrogen and oxygen atoms in total. The first-order chi connectivity index (χ1) is 15.1. The van der Waals surface area contributed by atoms with E-state index in [9.17, 15) is 14.4 Å². The fourth-order valence-electron chi connectivity index (χ4n) is 3.46. The Hall–Kier alpha value is -3.46. The van der Waals surface area contributed by atoms with Crippen molar-refractivity contribution in [2.45, 2.75) is 25.7 Å². The van der Waals surface area contributed by atoms with Crippen molar-refractivity contribution in [1.82, 2.24) is 25.5 Å². The number of carbonyl (C=O) groups is 3. The molecule has 2 aromatic heterocycles. The number of carbonyl (C=O) groups excluding carboxylic acids is 3. The highest BCUT2D eigenvalue weighted by Crippen LogP contribution is 2.25. The highest BCUT2D eigenvalue weighted by atomic mass is 32.1. The molecule has 9 heteroatoms. The van der Waals surface area contributed by atoms with E-state index in [0.29, 0.717) is 24.4 Å². The summed E-state index contributed by atoms with van der Waals surface area (Å²) in [4.78, 5) is 39.7. The third kappa shape index (κ3) is 5.00. The standard InChI is InChI=1S/C22H23N5O3S/c28-20(15-26-12-6-2-5-11-21(26)29)23-24-22(30)18-14-17(19-10-7-13-31-19)25-27(18)16-8-3-1-4-9-16/h1,3-4,7-10,13-14H,2,5-6,11-12,15H2,(H,23,28)(H,24,30). The van der Waals surface area contributed by atoms with Gasteiger partial charge in [-0.2, -0.15) is 5.10 Å². The Morgan fingerprint density at radius 1 is 1.03 bits per heavy atom. The van der Waals surface area contributed by atoms with Crippen molar-refractivity contribution < 1.29 is 14.4 Å². The molecule has 3 aromatic rings. The Balaban J connectivity index is 1.47. The predicted molar refractivity (Wildman–Crippen MR) is 118 cm³/mol. The van der Waals surface area contributed by atoms with Gasteiger partial charge < -0.3 is 4.90 Å². The summed E-state index contributed by atoms with van der Waals surface area (Å²) < 4.78 is 1.55. The molecule has 1 aromatic carbocycles. The lowest BCUT2D eigenvalue weighted by Gasteiger charge is -2.19. The fourth-order valence-corrected chi connectivity index (χ4v) is 4.14. The number of hydrogen-bond donors (Lipinski definition) is 2. The second-order valence-electron chi connectivity index (χ2n) is 7.27. The van der Waals surface area contributed by atoms with E-state index in [2.05, 4.69) is 16.0 Å². The van der Waals surface area contributed by atoms with Crippen molar-refractivity contribution in [3.63, 3.8) is 0 Å². The number of benzene rings is 1. The van der Waals surface area contributed by atoms with Crippen LogP contribution in [0.2, 0.25) is 0 Å². The Labute approximate surface area is 183 Å². The molecule has 0 unspecified atom stereocenters. The van der Waals surface area contributed by atoms with Crippen LogP contribution in [-0.2, 0) is 9.59 Å². The van der Waals surface area contributed by atoms with E-state index in [0.717, 1.165) is 29.8 Å². The first-order valence-corrected chi connectivity index (χ1v) is 11.1. The van der Waals surface area contributed by atoms with Gasteiger partial charge in [0.05, 0.1) is 10.6 Å². The average molecular weight is 438 g/mol. The van der Waals surface area contributed by atoms with Gasteiger partial charge in [-0.05, 0) is 42.5 Å². The lowest BCUT2D eigenvalue weighted by Crippen LogP contribution is -2.48. The van der Waals surface area contributed by atoms with Crippen molar-refractivity contribution in [3.05, 3.63) is 59.6 Å². The second kappa shape index (κ2) is 9.57. The van der Waals surface area contributed by atoms with Crippen molar-refractivity contribution >= 4 is 29.1 Å². The van der Waals surface area contributed by atoms with Gasteiger partial charge in [-0.1, -0.05) is 30.7 Å². The van der Waals surface area contributed by atoms with Gasteiger partial charge in [0.1, 0.15) is 17.9 Å². The molecule has 3 heterocycles. The van der Waals surface area contributed by atoms with Gasteiger partial charge in [-0.3, -0.25) is 25.2 Å². The van der Waals surface area contributed by atoms with Crippen LogP contribution in [0.1, 0.15) is 36.2 Å². The number of hydrogen-bond acceptors (Lipinski definition) is 5. The molecule has 1 fully saturated rings. The SMILES string of the molecule is O=C(CN1CCCCCC1=O)NNC(=O)c1cc(-c2cccs2)nn1-c1ccccc1. The minimum Gasteiger partial charge on any atom is -0.333 e. The lowest BCUT2D eigenvalue weighted by atomic mass is 10.2. The number of aromatic nitrogens is 2. The Morgan fingerprint density at radius 2 is 1.87 bits per heavy atom. The van der Waals surface area contributed by atoms with Gasteiger partial charge in [0.2, 0.25) is 5.91 Å². The van der Waals surface area contributed by atoms with E-state index in [1.54, 1.807) is 10.7 Å². The number of rotatable bonds is 5. The van der Waals surface area contributed by atoms with E-state index >= 15 is 0 Å². The van der Waals surface area contributed by atoms with Crippen molar-refractivity contribution in [2.24, 2.45) is 0 Å². The van der Waals surface area contributed by atoms with Crippen LogP contribution in [0.4, 0.5) is 0 Å². The molecule has 0 bridgehead atoms. The molecule has 0 saturated carbocycles. The quantitative estimate of drug-likeness (QED) is 0.600. The zero-order valence-corrected chi connectivity index (χ0v) is 17.7. The molecule has 1 aliphatic rings. The minimum absolute atomic E-state index is 0.0262. The molecule has 1 aliphatic heterocycles. The normalized spacial score (nSPS) is 14.2. The zero-order chi connectivity index (χ0) is 21.6. The number of nitrogens with one attached hydrogen (secondary N) is 2. The highest BCUT2D eigenvalue weighted by molar-refractivity contribution is 7.13. The van der Waals surface area contributed by atoms with E-state index in [1.165, 1.54) is 16.2 Å². The van der Waals surface area contributed by atoms with Gasteiger partial charge in [0.15, 0.2) is 0 Å². The summed E-state index contributed by atoms with van der Waals surface area (Å²) in [5, 5.41) is 6.53. The molecule has 3 amide bonds. The van der Waals surface area contributed by atoms with Crippen LogP contribution in [0.5, 0.6) is 0 Å². The lowest BCUT2D eigenvalue weighted by molar-refractivity contribution is -0.135. The monoisotopic (exact) mass is 437 g/mol. The van der Waals surface area contributed by atoms with Gasteiger partial charge in [-0.25, -0.2) is 4.68 Å². The number of thiophene rings is 1. The summed E-state index contributed by atoms with van der Waals surface area (Å²) >= 11 is 1.53. The van der Waals surface area contributed by atoms with Gasteiger partial charge in [0, 0.05) is 13.0 Å². The maximum atomic E-state index is 12.9. The Bertz CT molecular complexity index is 1060. The summed E-state index contributed by atoms with van der Waals surface area (Å²) in [6, 6.07) is 14.9. The number of para-hydroxylation sites is 1. The molecule has 0 atom stereocenters. The molecule has 160 valence electrons. The Morgan fingerprint density at radius 3 is 2.65 bits per heavy atom. The summed E-state index contributed by atoms with van der Waals surface area (Å²) in [5.74, 6) is -0.954. The van der Waals surface area contributed by atoms with Crippen LogP contribution >= 0.6 is 11.3 Å². The third-order valence-corrected chi connectivity index (χ3v) is 5.93. The van der Waals surface area contributed by atoms with Crippen LogP contribution in [0.15, 0.2) is 53.9 Å². The Kier molecular flexibility index (Phi) is 6.42. The molecule has 1 saturated heterocycles. The molecule has 0 spiro atoms. The van der Waals surface area contributed by atoms with Gasteiger partial charge in [0.25, 0.3) is 11.8 Å². The topological polar surface area (TPSA) is 96.3 Å². The van der Waals surface area contributed by atoms with Crippen LogP contribution in [-0.4, -0.2) is 45.5 Å². The van der Waals surface area contributed by atoms with Crippen LogP contribution in [0.25, 0.3) is 16.3 Å². The number of nitrogens with zero attached hydrogens (tertiary/aromatic N) is 3. The second-order valence-corrected chi connectivity index (χ2v) is 8.22. The van der Waals surface area contributed by atoms with Crippen LogP contribution < -0.4 is 10.9 Å². The maximum Gasteiger partial charge on any atom is 0.288 e. The minimum atomic E-state index is -0.491. The zero-order valence-electron chi connectivity index (χ0n) is 16.9. The first kappa shape index (κ1) is 20.8. The average Bonchev–Trinajstić information content (AvgIpc) is 3.43. The van der Waals surface area contributed by atoms with E-state index in [4.69, 9.17) is 0 Å². The third-order valence-electron chi connectivity index (χ3n) is 5.04. The van der Waals surface area contributed by atoms with Crippen molar-refractivity contribution in [1.29, 1.82) is 0 Å². The fraction of sp³-hybridized carbons (Fsp3) is 0.273. The first-order valence-electron chi connectivity index (χ1n) is 10.2. The molecular formula is C22H23N5O3S. The molecule has 0 radical (unpaired) electrons. The van der Waals surface area contributed by atoms with E-state index in [-0.39, 0.29) is 12.5 Å². The molecular weight excluding hydrogens is 414 g/mol. The summed E-state index contributed by atoms with van der Waals surface area (Å²) in [6.07, 6.45) is 3.18. The number of amides is 3. The van der Waals surface area contributed by atoms with Crippen molar-refractivity contribution in [2.75, 3.05) is 13.1 Å².